The Labute approximate surface area is 102 Å². The van der Waals surface area contributed by atoms with Crippen LogP contribution in [0.2, 0.25) is 0 Å². The Kier molecular flexibility index (Phi) is 11.3. The maximum absolute atomic E-state index is 5.62. The first-order valence-corrected chi connectivity index (χ1v) is 6.14. The number of halogens is 2. The summed E-state index contributed by atoms with van der Waals surface area (Å²) in [6, 6.07) is 0. The van der Waals surface area contributed by atoms with E-state index in [1.54, 1.807) is 0 Å². The van der Waals surface area contributed by atoms with Gasteiger partial charge in [0.15, 0.2) is 0 Å². The van der Waals surface area contributed by atoms with Crippen molar-refractivity contribution in [1.29, 1.82) is 0 Å². The van der Waals surface area contributed by atoms with Gasteiger partial charge in [0, 0.05) is 11.8 Å². The monoisotopic (exact) mass is 256 g/mol. The average molecular weight is 257 g/mol. The largest absolute Gasteiger partial charge is 0.440 e. The van der Waals surface area contributed by atoms with Crippen LogP contribution in [0.5, 0.6) is 0 Å². The number of rotatable bonds is 10. The smallest absolute Gasteiger partial charge is 0.398 e. The van der Waals surface area contributed by atoms with Gasteiger partial charge in [0.2, 0.25) is 0 Å². The quantitative estimate of drug-likeness (QED) is 0.346. The van der Waals surface area contributed by atoms with Crippen LogP contribution >= 0.6 is 23.2 Å². The van der Waals surface area contributed by atoms with E-state index in [0.29, 0.717) is 11.8 Å². The van der Waals surface area contributed by atoms with Gasteiger partial charge in [-0.3, -0.25) is 0 Å². The molecule has 15 heavy (non-hydrogen) atoms. The van der Waals surface area contributed by atoms with Gasteiger partial charge in [0.1, 0.15) is 0 Å². The van der Waals surface area contributed by atoms with Crippen LogP contribution in [0, 0.1) is 0 Å². The number of nitrogens with two attached hydrogens (primary N) is 2. The maximum Gasteiger partial charge on any atom is 0.440 e. The topological polar surface area (TPSA) is 70.5 Å². The van der Waals surface area contributed by atoms with Crippen molar-refractivity contribution < 1.29 is 9.31 Å². The highest BCUT2D eigenvalue weighted by Crippen LogP contribution is 2.00. The zero-order valence-corrected chi connectivity index (χ0v) is 10.3. The second-order valence-corrected chi connectivity index (χ2v) is 3.95. The molecule has 0 saturated heterocycles. The first kappa shape index (κ1) is 15.5. The lowest BCUT2D eigenvalue weighted by Gasteiger charge is -2.15. The minimum absolute atomic E-state index is 0.118. The molecule has 4 nitrogen and oxygen atoms in total. The van der Waals surface area contributed by atoms with E-state index >= 15 is 0 Å². The molecule has 0 rings (SSSR count). The summed E-state index contributed by atoms with van der Waals surface area (Å²) in [6.07, 6.45) is 2.46. The third kappa shape index (κ3) is 10.8. The summed E-state index contributed by atoms with van der Waals surface area (Å²) < 4.78 is 10.4. The molecule has 0 saturated carbocycles. The molecule has 0 aromatic carbocycles. The van der Waals surface area contributed by atoms with Crippen molar-refractivity contribution in [2.45, 2.75) is 38.1 Å². The zero-order chi connectivity index (χ0) is 11.5. The van der Waals surface area contributed by atoms with Gasteiger partial charge in [-0.25, -0.2) is 0 Å². The second kappa shape index (κ2) is 11.0. The highest BCUT2D eigenvalue weighted by molar-refractivity contribution is 6.18. The van der Waals surface area contributed by atoms with Crippen LogP contribution < -0.4 is 11.5 Å². The van der Waals surface area contributed by atoms with Crippen molar-refractivity contribution in [2.75, 3.05) is 11.8 Å². The third-order valence-electron chi connectivity index (χ3n) is 1.81. The number of alkyl halides is 2. The van der Waals surface area contributed by atoms with Crippen molar-refractivity contribution in [3.63, 3.8) is 0 Å². The molecule has 0 aliphatic carbocycles. The maximum atomic E-state index is 5.62. The molecule has 0 radical (unpaired) electrons. The molecule has 0 bridgehead atoms. The van der Waals surface area contributed by atoms with E-state index in [1.807, 2.05) is 0 Å². The standard InChI is InChI=1S/C8H19BCl2N2O2/c10-5-1-3-7(12)14-9-15-8(13)4-2-6-11/h7-9H,1-6,12-13H2. The molecular weight excluding hydrogens is 238 g/mol. The molecule has 7 heteroatoms. The van der Waals surface area contributed by atoms with E-state index in [4.69, 9.17) is 44.0 Å². The summed E-state index contributed by atoms with van der Waals surface area (Å²) in [5, 5.41) is 0. The number of hydrogen-bond donors (Lipinski definition) is 2. The summed E-state index contributed by atoms with van der Waals surface area (Å²) >= 11 is 11.0. The summed E-state index contributed by atoms with van der Waals surface area (Å²) in [5.41, 5.74) is 11.2. The predicted molar refractivity (Wildman–Crippen MR) is 65.2 cm³/mol. The Morgan fingerprint density at radius 1 is 0.933 bits per heavy atom. The van der Waals surface area contributed by atoms with Gasteiger partial charge >= 0.3 is 7.69 Å². The van der Waals surface area contributed by atoms with Crippen LogP contribution in [0.15, 0.2) is 0 Å². The van der Waals surface area contributed by atoms with Crippen LogP contribution in [-0.4, -0.2) is 31.9 Å². The van der Waals surface area contributed by atoms with Gasteiger partial charge in [-0.15, -0.1) is 23.2 Å². The van der Waals surface area contributed by atoms with Crippen LogP contribution in [0.25, 0.3) is 0 Å². The van der Waals surface area contributed by atoms with Gasteiger partial charge in [0.25, 0.3) is 0 Å². The van der Waals surface area contributed by atoms with Gasteiger partial charge < -0.3 is 20.8 Å². The minimum atomic E-state index is -0.330. The van der Waals surface area contributed by atoms with E-state index in [0.717, 1.165) is 25.7 Å². The molecule has 2 unspecified atom stereocenters. The molecule has 2 atom stereocenters. The zero-order valence-electron chi connectivity index (χ0n) is 8.83. The van der Waals surface area contributed by atoms with Crippen molar-refractivity contribution in [3.8, 4) is 0 Å². The fourth-order valence-electron chi connectivity index (χ4n) is 0.937. The van der Waals surface area contributed by atoms with Gasteiger partial charge in [0.05, 0.1) is 12.5 Å². The van der Waals surface area contributed by atoms with Crippen molar-refractivity contribution in [1.82, 2.24) is 0 Å². The molecule has 90 valence electrons. The predicted octanol–water partition coefficient (Wildman–Crippen LogP) is 0.894. The first-order chi connectivity index (χ1) is 7.20. The van der Waals surface area contributed by atoms with Crippen molar-refractivity contribution in [3.05, 3.63) is 0 Å². The van der Waals surface area contributed by atoms with Crippen molar-refractivity contribution in [2.24, 2.45) is 11.5 Å². The molecule has 0 aliphatic heterocycles. The minimum Gasteiger partial charge on any atom is -0.398 e. The molecule has 0 heterocycles. The van der Waals surface area contributed by atoms with Crippen LogP contribution in [0.3, 0.4) is 0 Å². The van der Waals surface area contributed by atoms with E-state index in [-0.39, 0.29) is 20.1 Å². The third-order valence-corrected chi connectivity index (χ3v) is 2.34. The van der Waals surface area contributed by atoms with Crippen LogP contribution in [-0.2, 0) is 9.31 Å². The normalized spacial score (nSPS) is 14.9. The second-order valence-electron chi connectivity index (χ2n) is 3.19. The molecule has 0 aliphatic rings. The molecule has 4 N–H and O–H groups in total. The first-order valence-electron chi connectivity index (χ1n) is 5.07. The highest BCUT2D eigenvalue weighted by atomic mass is 35.5. The Morgan fingerprint density at radius 2 is 1.33 bits per heavy atom. The van der Waals surface area contributed by atoms with Crippen LogP contribution in [0.4, 0.5) is 0 Å². The lowest BCUT2D eigenvalue weighted by Crippen LogP contribution is -2.32. The Hall–Kier alpha value is 0.485. The van der Waals surface area contributed by atoms with Crippen molar-refractivity contribution >= 4 is 30.9 Å². The fourth-order valence-corrected chi connectivity index (χ4v) is 1.25. The van der Waals surface area contributed by atoms with Gasteiger partial charge in [-0.1, -0.05) is 0 Å². The Balaban J connectivity index is 3.27. The van der Waals surface area contributed by atoms with E-state index in [9.17, 15) is 0 Å². The SMILES string of the molecule is NC(CCCCl)OBOC(N)CCCCl. The summed E-state index contributed by atoms with van der Waals surface area (Å²) in [7, 11) is 0.118. The van der Waals surface area contributed by atoms with E-state index in [1.165, 1.54) is 0 Å². The van der Waals surface area contributed by atoms with E-state index in [2.05, 4.69) is 0 Å². The lowest BCUT2D eigenvalue weighted by atomic mass is 10.2. The summed E-state index contributed by atoms with van der Waals surface area (Å²) in [4.78, 5) is 0. The summed E-state index contributed by atoms with van der Waals surface area (Å²) in [5.74, 6) is 1.18. The molecule has 0 aromatic rings. The molecule has 0 fully saturated rings. The molecular formula is C8H19BCl2N2O2. The lowest BCUT2D eigenvalue weighted by molar-refractivity contribution is 0.115. The Bertz CT molecular complexity index is 132. The fraction of sp³-hybridized carbons (Fsp3) is 1.00. The highest BCUT2D eigenvalue weighted by Gasteiger charge is 2.07. The number of hydrogen-bond acceptors (Lipinski definition) is 4. The van der Waals surface area contributed by atoms with Crippen LogP contribution in [0.1, 0.15) is 25.7 Å². The van der Waals surface area contributed by atoms with Gasteiger partial charge in [-0.2, -0.15) is 0 Å². The molecule has 0 aromatic heterocycles. The summed E-state index contributed by atoms with van der Waals surface area (Å²) in [6.45, 7) is 0. The molecule has 0 spiro atoms. The van der Waals surface area contributed by atoms with E-state index < -0.39 is 0 Å². The Morgan fingerprint density at radius 3 is 1.67 bits per heavy atom. The van der Waals surface area contributed by atoms with Gasteiger partial charge in [-0.05, 0) is 25.7 Å². The average Bonchev–Trinajstić information content (AvgIpc) is 2.23. The molecule has 0 amide bonds.